The molecule has 33 heavy (non-hydrogen) atoms. The fourth-order valence-corrected chi connectivity index (χ4v) is 4.32. The van der Waals surface area contributed by atoms with Crippen LogP contribution in [0.15, 0.2) is 108 Å². The predicted octanol–water partition coefficient (Wildman–Crippen LogP) is 6.11. The van der Waals surface area contributed by atoms with Crippen LogP contribution in [0.25, 0.3) is 0 Å². The van der Waals surface area contributed by atoms with Crippen LogP contribution in [0.1, 0.15) is 26.7 Å². The van der Waals surface area contributed by atoms with Crippen molar-refractivity contribution in [1.29, 1.82) is 0 Å². The molecule has 0 saturated carbocycles. The first-order valence-electron chi connectivity index (χ1n) is 10.5. The monoisotopic (exact) mass is 453 g/mol. The molecule has 5 nitrogen and oxygen atoms in total. The van der Waals surface area contributed by atoms with Crippen LogP contribution in [0.5, 0.6) is 0 Å². The summed E-state index contributed by atoms with van der Waals surface area (Å²) in [6.07, 6.45) is 3.28. The fraction of sp³-hybridized carbons (Fsp3) is 0.0741. The number of nitrogens with zero attached hydrogens (tertiary/aromatic N) is 1. The topological polar surface area (TPSA) is 71.1 Å². The Bertz CT molecular complexity index is 1230. The molecule has 3 aromatic carbocycles. The van der Waals surface area contributed by atoms with Crippen LogP contribution < -0.4 is 10.6 Å². The molecule has 1 aromatic heterocycles. The molecule has 164 valence electrons. The van der Waals surface area contributed by atoms with Gasteiger partial charge in [0, 0.05) is 34.2 Å². The molecule has 0 aliphatic carbocycles. The third kappa shape index (κ3) is 6.08. The van der Waals surface area contributed by atoms with Crippen LogP contribution in [0, 0.1) is 6.92 Å². The van der Waals surface area contributed by atoms with Crippen LogP contribution in [0.3, 0.4) is 0 Å². The van der Waals surface area contributed by atoms with Crippen LogP contribution in [0.4, 0.5) is 11.4 Å². The average Bonchev–Trinajstić information content (AvgIpc) is 2.84. The highest BCUT2D eigenvalue weighted by atomic mass is 32.2. The smallest absolute Gasteiger partial charge is 0.255 e. The van der Waals surface area contributed by atoms with Crippen LogP contribution in [-0.2, 0) is 4.79 Å². The number of nitrogens with one attached hydrogen (secondary N) is 2. The molecule has 4 aromatic rings. The molecule has 2 amide bonds. The lowest BCUT2D eigenvalue weighted by atomic mass is 10.1. The standard InChI is InChI=1S/C27H23N3O2S/c1-19-10-12-21(13-11-19)26(31)30-23-8-5-9-24(18-23)33-25(20-6-3-2-4-7-20)27(32)29-22-14-16-28-17-15-22/h2-18,25H,1H3,(H,30,31)(H,28,29,32). The zero-order valence-corrected chi connectivity index (χ0v) is 18.9. The van der Waals surface area contributed by atoms with E-state index in [0.29, 0.717) is 16.9 Å². The number of carbonyl (C=O) groups is 2. The maximum absolute atomic E-state index is 13.2. The van der Waals surface area contributed by atoms with E-state index >= 15 is 0 Å². The van der Waals surface area contributed by atoms with Gasteiger partial charge >= 0.3 is 0 Å². The maximum Gasteiger partial charge on any atom is 0.255 e. The lowest BCUT2D eigenvalue weighted by Crippen LogP contribution is -2.19. The molecule has 0 fully saturated rings. The molecule has 2 N–H and O–H groups in total. The number of carbonyl (C=O) groups excluding carboxylic acids is 2. The first-order chi connectivity index (χ1) is 16.1. The van der Waals surface area contributed by atoms with Gasteiger partial charge in [-0.15, -0.1) is 11.8 Å². The van der Waals surface area contributed by atoms with Gasteiger partial charge in [-0.3, -0.25) is 14.6 Å². The highest BCUT2D eigenvalue weighted by Gasteiger charge is 2.22. The Morgan fingerprint density at radius 3 is 2.24 bits per heavy atom. The van der Waals surface area contributed by atoms with E-state index in [4.69, 9.17) is 0 Å². The molecule has 0 radical (unpaired) electrons. The summed E-state index contributed by atoms with van der Waals surface area (Å²) in [4.78, 5) is 30.6. The Balaban J connectivity index is 1.53. The molecule has 0 bridgehead atoms. The molecular weight excluding hydrogens is 430 g/mol. The first-order valence-corrected chi connectivity index (χ1v) is 11.4. The van der Waals surface area contributed by atoms with Gasteiger partial charge in [-0.25, -0.2) is 0 Å². The first kappa shape index (κ1) is 22.3. The summed E-state index contributed by atoms with van der Waals surface area (Å²) in [5.41, 5.74) is 3.95. The van der Waals surface area contributed by atoms with Crippen molar-refractivity contribution in [3.05, 3.63) is 120 Å². The molecule has 0 saturated heterocycles. The van der Waals surface area contributed by atoms with Gasteiger partial charge in [-0.05, 0) is 55.0 Å². The van der Waals surface area contributed by atoms with Crippen molar-refractivity contribution in [1.82, 2.24) is 4.98 Å². The summed E-state index contributed by atoms with van der Waals surface area (Å²) in [5, 5.41) is 5.43. The van der Waals surface area contributed by atoms with E-state index in [1.165, 1.54) is 11.8 Å². The van der Waals surface area contributed by atoms with Crippen molar-refractivity contribution < 1.29 is 9.59 Å². The Morgan fingerprint density at radius 1 is 0.788 bits per heavy atom. The van der Waals surface area contributed by atoms with Crippen molar-refractivity contribution in [3.63, 3.8) is 0 Å². The summed E-state index contributed by atoms with van der Waals surface area (Å²) in [6, 6.07) is 28.1. The minimum absolute atomic E-state index is 0.133. The zero-order valence-electron chi connectivity index (χ0n) is 18.1. The van der Waals surface area contributed by atoms with Crippen molar-refractivity contribution in [2.45, 2.75) is 17.1 Å². The summed E-state index contributed by atoms with van der Waals surface area (Å²) >= 11 is 1.43. The predicted molar refractivity (Wildman–Crippen MR) is 133 cm³/mol. The highest BCUT2D eigenvalue weighted by Crippen LogP contribution is 2.37. The van der Waals surface area contributed by atoms with Crippen molar-refractivity contribution in [2.75, 3.05) is 10.6 Å². The average molecular weight is 454 g/mol. The van der Waals surface area contributed by atoms with Crippen LogP contribution >= 0.6 is 11.8 Å². The summed E-state index contributed by atoms with van der Waals surface area (Å²) in [6.45, 7) is 1.98. The van der Waals surface area contributed by atoms with Crippen molar-refractivity contribution >= 4 is 35.0 Å². The number of amides is 2. The molecule has 0 spiro atoms. The maximum atomic E-state index is 13.2. The van der Waals surface area contributed by atoms with E-state index < -0.39 is 5.25 Å². The molecule has 1 unspecified atom stereocenters. The van der Waals surface area contributed by atoms with Gasteiger partial charge in [0.2, 0.25) is 5.91 Å². The summed E-state index contributed by atoms with van der Waals surface area (Å²) in [7, 11) is 0. The lowest BCUT2D eigenvalue weighted by molar-refractivity contribution is -0.115. The zero-order chi connectivity index (χ0) is 23.0. The quantitative estimate of drug-likeness (QED) is 0.331. The van der Waals surface area contributed by atoms with Crippen molar-refractivity contribution in [3.8, 4) is 0 Å². The number of rotatable bonds is 7. The van der Waals surface area contributed by atoms with Gasteiger partial charge in [0.15, 0.2) is 0 Å². The molecule has 0 aliphatic heterocycles. The number of hydrogen-bond acceptors (Lipinski definition) is 4. The highest BCUT2D eigenvalue weighted by molar-refractivity contribution is 8.00. The van der Waals surface area contributed by atoms with Gasteiger partial charge in [-0.2, -0.15) is 0 Å². The second-order valence-corrected chi connectivity index (χ2v) is 8.66. The van der Waals surface area contributed by atoms with E-state index in [1.54, 1.807) is 36.7 Å². The van der Waals surface area contributed by atoms with Crippen molar-refractivity contribution in [2.24, 2.45) is 0 Å². The Hall–Kier alpha value is -3.90. The second-order valence-electron chi connectivity index (χ2n) is 7.48. The molecule has 1 atom stereocenters. The number of anilines is 2. The minimum atomic E-state index is -0.470. The van der Waals surface area contributed by atoms with Crippen LogP contribution in [0.2, 0.25) is 0 Å². The van der Waals surface area contributed by atoms with Gasteiger partial charge in [0.25, 0.3) is 5.91 Å². The Labute approximate surface area is 197 Å². The Morgan fingerprint density at radius 2 is 1.52 bits per heavy atom. The largest absolute Gasteiger partial charge is 0.325 e. The van der Waals surface area contributed by atoms with E-state index in [-0.39, 0.29) is 11.8 Å². The molecular formula is C27H23N3O2S. The number of thioether (sulfide) groups is 1. The third-order valence-electron chi connectivity index (χ3n) is 4.95. The normalized spacial score (nSPS) is 11.4. The number of aryl methyl sites for hydroxylation is 1. The molecule has 1 heterocycles. The van der Waals surface area contributed by atoms with E-state index in [2.05, 4.69) is 15.6 Å². The number of hydrogen-bond donors (Lipinski definition) is 2. The minimum Gasteiger partial charge on any atom is -0.325 e. The molecule has 0 aliphatic rings. The van der Waals surface area contributed by atoms with Crippen LogP contribution in [-0.4, -0.2) is 16.8 Å². The lowest BCUT2D eigenvalue weighted by Gasteiger charge is -2.17. The fourth-order valence-electron chi connectivity index (χ4n) is 3.24. The molecule has 6 heteroatoms. The van der Waals surface area contributed by atoms with Gasteiger partial charge in [0.05, 0.1) is 0 Å². The van der Waals surface area contributed by atoms with Gasteiger partial charge in [0.1, 0.15) is 5.25 Å². The van der Waals surface area contributed by atoms with E-state index in [9.17, 15) is 9.59 Å². The second kappa shape index (κ2) is 10.6. The van der Waals surface area contributed by atoms with Gasteiger partial charge in [-0.1, -0.05) is 54.1 Å². The SMILES string of the molecule is Cc1ccc(C(=O)Nc2cccc(SC(C(=O)Nc3ccncc3)c3ccccc3)c2)cc1. The third-order valence-corrected chi connectivity index (χ3v) is 6.20. The van der Waals surface area contributed by atoms with E-state index in [0.717, 1.165) is 16.0 Å². The van der Waals surface area contributed by atoms with E-state index in [1.807, 2.05) is 73.7 Å². The number of aromatic nitrogens is 1. The number of pyridine rings is 1. The summed E-state index contributed by atoms with van der Waals surface area (Å²) < 4.78 is 0. The number of benzene rings is 3. The summed E-state index contributed by atoms with van der Waals surface area (Å²) in [5.74, 6) is -0.307. The Kier molecular flexibility index (Phi) is 7.17. The van der Waals surface area contributed by atoms with Gasteiger partial charge < -0.3 is 10.6 Å². The molecule has 4 rings (SSSR count).